The van der Waals surface area contributed by atoms with Crippen LogP contribution in [0.25, 0.3) is 0 Å². The van der Waals surface area contributed by atoms with Gasteiger partial charge in [-0.2, -0.15) is 0 Å². The van der Waals surface area contributed by atoms with Crippen molar-refractivity contribution in [2.75, 3.05) is 13.1 Å². The van der Waals surface area contributed by atoms with Gasteiger partial charge in [0.1, 0.15) is 5.60 Å². The van der Waals surface area contributed by atoms with E-state index >= 15 is 0 Å². The van der Waals surface area contributed by atoms with Crippen LogP contribution in [0.1, 0.15) is 32.8 Å². The molecule has 0 saturated carbocycles. The minimum atomic E-state index is -0.443. The summed E-state index contributed by atoms with van der Waals surface area (Å²) < 4.78 is 6.26. The Labute approximate surface area is 129 Å². The van der Waals surface area contributed by atoms with Gasteiger partial charge in [0.15, 0.2) is 0 Å². The summed E-state index contributed by atoms with van der Waals surface area (Å²) in [4.78, 5) is 11.4. The zero-order chi connectivity index (χ0) is 15.0. The smallest absolute Gasteiger partial charge is 0.407 e. The van der Waals surface area contributed by atoms with Crippen molar-refractivity contribution in [2.45, 2.75) is 39.3 Å². The normalized spacial score (nSPS) is 11.2. The van der Waals surface area contributed by atoms with Crippen molar-refractivity contribution in [1.82, 2.24) is 10.6 Å². The predicted molar refractivity (Wildman–Crippen MR) is 84.7 cm³/mol. The van der Waals surface area contributed by atoms with E-state index in [1.807, 2.05) is 39.0 Å². The van der Waals surface area contributed by atoms with Crippen molar-refractivity contribution >= 4 is 22.0 Å². The van der Waals surface area contributed by atoms with Gasteiger partial charge in [-0.25, -0.2) is 4.79 Å². The zero-order valence-electron chi connectivity index (χ0n) is 12.3. The number of alkyl carbamates (subject to hydrolysis) is 1. The highest BCUT2D eigenvalue weighted by atomic mass is 79.9. The summed E-state index contributed by atoms with van der Waals surface area (Å²) in [5, 5.41) is 6.08. The zero-order valence-corrected chi connectivity index (χ0v) is 13.9. The number of hydrogen-bond donors (Lipinski definition) is 2. The molecular formula is C15H23BrN2O2. The first-order valence-electron chi connectivity index (χ1n) is 6.79. The molecule has 0 aromatic heterocycles. The Kier molecular flexibility index (Phi) is 7.02. The summed E-state index contributed by atoms with van der Waals surface area (Å²) in [5.74, 6) is 0. The summed E-state index contributed by atoms with van der Waals surface area (Å²) in [6, 6.07) is 8.13. The molecule has 1 aromatic carbocycles. The topological polar surface area (TPSA) is 50.4 Å². The summed E-state index contributed by atoms with van der Waals surface area (Å²) in [6.45, 7) is 7.83. The molecule has 0 fully saturated rings. The molecule has 0 unspecified atom stereocenters. The van der Waals surface area contributed by atoms with E-state index in [9.17, 15) is 4.79 Å². The first-order valence-corrected chi connectivity index (χ1v) is 7.59. The van der Waals surface area contributed by atoms with Gasteiger partial charge in [-0.05, 0) is 45.4 Å². The highest BCUT2D eigenvalue weighted by molar-refractivity contribution is 9.10. The van der Waals surface area contributed by atoms with E-state index in [0.29, 0.717) is 6.54 Å². The van der Waals surface area contributed by atoms with Crippen LogP contribution in [-0.4, -0.2) is 24.8 Å². The Morgan fingerprint density at radius 2 is 1.95 bits per heavy atom. The maximum absolute atomic E-state index is 11.4. The maximum Gasteiger partial charge on any atom is 0.407 e. The largest absolute Gasteiger partial charge is 0.444 e. The van der Waals surface area contributed by atoms with E-state index in [4.69, 9.17) is 4.74 Å². The number of carbonyl (C=O) groups excluding carboxylic acids is 1. The first kappa shape index (κ1) is 17.0. The van der Waals surface area contributed by atoms with Crippen molar-refractivity contribution in [3.63, 3.8) is 0 Å². The molecule has 1 aromatic rings. The average molecular weight is 343 g/mol. The van der Waals surface area contributed by atoms with E-state index in [2.05, 4.69) is 32.6 Å². The van der Waals surface area contributed by atoms with E-state index in [1.54, 1.807) is 0 Å². The van der Waals surface area contributed by atoms with Crippen LogP contribution in [0.2, 0.25) is 0 Å². The van der Waals surface area contributed by atoms with Gasteiger partial charge in [-0.15, -0.1) is 0 Å². The maximum atomic E-state index is 11.4. The van der Waals surface area contributed by atoms with Crippen molar-refractivity contribution in [1.29, 1.82) is 0 Å². The molecule has 0 heterocycles. The lowest BCUT2D eigenvalue weighted by Gasteiger charge is -2.19. The summed E-state index contributed by atoms with van der Waals surface area (Å²) in [7, 11) is 0. The second-order valence-corrected chi connectivity index (χ2v) is 6.40. The van der Waals surface area contributed by atoms with Crippen LogP contribution in [0.5, 0.6) is 0 Å². The molecule has 4 nitrogen and oxygen atoms in total. The highest BCUT2D eigenvalue weighted by Crippen LogP contribution is 2.15. The van der Waals surface area contributed by atoms with Crippen LogP contribution in [0, 0.1) is 0 Å². The number of amides is 1. The van der Waals surface area contributed by atoms with Crippen LogP contribution in [0.3, 0.4) is 0 Å². The van der Waals surface area contributed by atoms with Crippen molar-refractivity contribution < 1.29 is 9.53 Å². The molecule has 0 aliphatic heterocycles. The fraction of sp³-hybridized carbons (Fsp3) is 0.533. The van der Waals surface area contributed by atoms with E-state index in [-0.39, 0.29) is 6.09 Å². The molecule has 0 bridgehead atoms. The SMILES string of the molecule is CC(C)(C)OC(=O)NCCCNCc1ccccc1Br. The molecule has 0 saturated heterocycles. The van der Waals surface area contributed by atoms with Gasteiger partial charge in [0.2, 0.25) is 0 Å². The van der Waals surface area contributed by atoms with Gasteiger partial charge in [0.25, 0.3) is 0 Å². The van der Waals surface area contributed by atoms with Crippen LogP contribution < -0.4 is 10.6 Å². The Hall–Kier alpha value is -1.07. The molecule has 1 amide bonds. The quantitative estimate of drug-likeness (QED) is 0.778. The molecule has 5 heteroatoms. The Balaban J connectivity index is 2.08. The number of rotatable bonds is 6. The number of ether oxygens (including phenoxy) is 1. The molecule has 1 rings (SSSR count). The lowest BCUT2D eigenvalue weighted by molar-refractivity contribution is 0.0527. The minimum Gasteiger partial charge on any atom is -0.444 e. The van der Waals surface area contributed by atoms with Crippen molar-refractivity contribution in [3.05, 3.63) is 34.3 Å². The van der Waals surface area contributed by atoms with Crippen LogP contribution in [-0.2, 0) is 11.3 Å². The van der Waals surface area contributed by atoms with Crippen molar-refractivity contribution in [2.24, 2.45) is 0 Å². The number of nitrogens with one attached hydrogen (secondary N) is 2. The standard InChI is InChI=1S/C15H23BrN2O2/c1-15(2,3)20-14(19)18-10-6-9-17-11-12-7-4-5-8-13(12)16/h4-5,7-8,17H,6,9-11H2,1-3H3,(H,18,19). The second kappa shape index (κ2) is 8.27. The number of hydrogen-bond acceptors (Lipinski definition) is 3. The summed E-state index contributed by atoms with van der Waals surface area (Å²) in [6.07, 6.45) is 0.507. The van der Waals surface area contributed by atoms with Gasteiger partial charge < -0.3 is 15.4 Å². The van der Waals surface area contributed by atoms with E-state index in [1.165, 1.54) is 5.56 Å². The number of benzene rings is 1. The van der Waals surface area contributed by atoms with Crippen molar-refractivity contribution in [3.8, 4) is 0 Å². The Morgan fingerprint density at radius 1 is 1.25 bits per heavy atom. The molecule has 0 radical (unpaired) electrons. The van der Waals surface area contributed by atoms with Gasteiger partial charge in [0.05, 0.1) is 0 Å². The fourth-order valence-corrected chi connectivity index (χ4v) is 2.01. The van der Waals surface area contributed by atoms with Crippen LogP contribution in [0.4, 0.5) is 4.79 Å². The Bertz CT molecular complexity index is 430. The number of halogens is 1. The average Bonchev–Trinajstić information content (AvgIpc) is 2.33. The van der Waals surface area contributed by atoms with E-state index in [0.717, 1.165) is 24.0 Å². The molecule has 112 valence electrons. The molecule has 2 N–H and O–H groups in total. The minimum absolute atomic E-state index is 0.358. The van der Waals surface area contributed by atoms with Gasteiger partial charge in [-0.1, -0.05) is 34.1 Å². The van der Waals surface area contributed by atoms with Gasteiger partial charge in [0, 0.05) is 17.6 Å². The van der Waals surface area contributed by atoms with Gasteiger partial charge in [-0.3, -0.25) is 0 Å². The summed E-state index contributed by atoms with van der Waals surface area (Å²) in [5.41, 5.74) is 0.787. The molecule has 0 atom stereocenters. The third-order valence-corrected chi connectivity index (χ3v) is 3.25. The molecular weight excluding hydrogens is 320 g/mol. The first-order chi connectivity index (χ1) is 9.38. The molecule has 0 aliphatic carbocycles. The van der Waals surface area contributed by atoms with E-state index < -0.39 is 5.60 Å². The molecule has 0 spiro atoms. The van der Waals surface area contributed by atoms with Crippen LogP contribution >= 0.6 is 15.9 Å². The lowest BCUT2D eigenvalue weighted by Crippen LogP contribution is -2.33. The third-order valence-electron chi connectivity index (χ3n) is 2.47. The lowest BCUT2D eigenvalue weighted by atomic mass is 10.2. The summed E-state index contributed by atoms with van der Waals surface area (Å²) >= 11 is 3.51. The Morgan fingerprint density at radius 3 is 2.60 bits per heavy atom. The highest BCUT2D eigenvalue weighted by Gasteiger charge is 2.15. The molecule has 20 heavy (non-hydrogen) atoms. The fourth-order valence-electron chi connectivity index (χ4n) is 1.58. The monoisotopic (exact) mass is 342 g/mol. The predicted octanol–water partition coefficient (Wildman–Crippen LogP) is 3.45. The van der Waals surface area contributed by atoms with Gasteiger partial charge >= 0.3 is 6.09 Å². The van der Waals surface area contributed by atoms with Crippen LogP contribution in [0.15, 0.2) is 28.7 Å². The molecule has 0 aliphatic rings. The second-order valence-electron chi connectivity index (χ2n) is 5.55. The third kappa shape index (κ3) is 7.50. The number of carbonyl (C=O) groups is 1.